The van der Waals surface area contributed by atoms with E-state index in [-0.39, 0.29) is 11.8 Å². The quantitative estimate of drug-likeness (QED) is 0.769. The lowest BCUT2D eigenvalue weighted by atomic mass is 10.2. The summed E-state index contributed by atoms with van der Waals surface area (Å²) in [5.74, 6) is 0.646. The zero-order valence-electron chi connectivity index (χ0n) is 14.7. The van der Waals surface area contributed by atoms with Crippen molar-refractivity contribution in [1.29, 1.82) is 0 Å². The molecule has 2 aromatic carbocycles. The molecule has 0 saturated carbocycles. The molecule has 0 bridgehead atoms. The third kappa shape index (κ3) is 4.25. The highest BCUT2D eigenvalue weighted by molar-refractivity contribution is 9.10. The average molecular weight is 417 g/mol. The molecule has 136 valence electrons. The minimum atomic E-state index is -0.0261. The van der Waals surface area contributed by atoms with E-state index in [9.17, 15) is 9.59 Å². The highest BCUT2D eigenvalue weighted by atomic mass is 79.9. The molecule has 26 heavy (non-hydrogen) atoms. The fourth-order valence-corrected chi connectivity index (χ4v) is 3.30. The van der Waals surface area contributed by atoms with E-state index >= 15 is 0 Å². The first-order valence-electron chi connectivity index (χ1n) is 8.56. The van der Waals surface area contributed by atoms with Gasteiger partial charge in [-0.15, -0.1) is 0 Å². The number of hydrogen-bond acceptors (Lipinski definition) is 3. The molecule has 3 rings (SSSR count). The minimum absolute atomic E-state index is 0.00757. The van der Waals surface area contributed by atoms with Crippen molar-refractivity contribution in [2.45, 2.75) is 6.42 Å². The lowest BCUT2D eigenvalue weighted by Gasteiger charge is -2.22. The van der Waals surface area contributed by atoms with Crippen molar-refractivity contribution in [2.24, 2.45) is 0 Å². The Bertz CT molecular complexity index is 792. The molecule has 0 aliphatic carbocycles. The molecule has 0 unspecified atom stereocenters. The van der Waals surface area contributed by atoms with Crippen molar-refractivity contribution in [3.8, 4) is 5.75 Å². The molecule has 0 aromatic heterocycles. The second-order valence-electron chi connectivity index (χ2n) is 6.18. The van der Waals surface area contributed by atoms with Gasteiger partial charge in [0.25, 0.3) is 11.8 Å². The van der Waals surface area contributed by atoms with Crippen molar-refractivity contribution in [3.63, 3.8) is 0 Å². The van der Waals surface area contributed by atoms with Crippen LogP contribution < -0.4 is 4.74 Å². The van der Waals surface area contributed by atoms with Gasteiger partial charge in [-0.2, -0.15) is 0 Å². The maximum absolute atomic E-state index is 12.8. The summed E-state index contributed by atoms with van der Waals surface area (Å²) >= 11 is 3.38. The van der Waals surface area contributed by atoms with Gasteiger partial charge in [0.05, 0.1) is 7.11 Å². The van der Waals surface area contributed by atoms with Crippen LogP contribution in [0.1, 0.15) is 27.1 Å². The number of carbonyl (C=O) groups is 2. The van der Waals surface area contributed by atoms with Crippen LogP contribution in [0.4, 0.5) is 0 Å². The molecule has 1 saturated heterocycles. The van der Waals surface area contributed by atoms with Crippen LogP contribution in [0.2, 0.25) is 0 Å². The van der Waals surface area contributed by atoms with Crippen LogP contribution in [0.5, 0.6) is 5.75 Å². The number of nitrogens with zero attached hydrogens (tertiary/aromatic N) is 2. The van der Waals surface area contributed by atoms with Crippen LogP contribution in [-0.2, 0) is 0 Å². The van der Waals surface area contributed by atoms with E-state index in [1.807, 2.05) is 46.2 Å². The van der Waals surface area contributed by atoms with Crippen LogP contribution in [0.25, 0.3) is 0 Å². The Labute approximate surface area is 161 Å². The van der Waals surface area contributed by atoms with Crippen LogP contribution in [0.15, 0.2) is 53.0 Å². The third-order valence-electron chi connectivity index (χ3n) is 4.48. The molecule has 0 N–H and O–H groups in total. The van der Waals surface area contributed by atoms with E-state index in [0.717, 1.165) is 10.9 Å². The van der Waals surface area contributed by atoms with Gasteiger partial charge >= 0.3 is 0 Å². The van der Waals surface area contributed by atoms with Crippen molar-refractivity contribution in [2.75, 3.05) is 33.3 Å². The third-order valence-corrected chi connectivity index (χ3v) is 5.01. The van der Waals surface area contributed by atoms with E-state index in [2.05, 4.69) is 15.9 Å². The number of carbonyl (C=O) groups excluding carboxylic acids is 2. The van der Waals surface area contributed by atoms with Crippen molar-refractivity contribution in [1.82, 2.24) is 9.80 Å². The van der Waals surface area contributed by atoms with E-state index in [4.69, 9.17) is 4.74 Å². The van der Waals surface area contributed by atoms with Crippen molar-refractivity contribution >= 4 is 27.7 Å². The molecule has 0 spiro atoms. The van der Waals surface area contributed by atoms with Gasteiger partial charge < -0.3 is 14.5 Å². The summed E-state index contributed by atoms with van der Waals surface area (Å²) in [6, 6.07) is 14.5. The first-order valence-corrected chi connectivity index (χ1v) is 9.36. The molecule has 2 aromatic rings. The summed E-state index contributed by atoms with van der Waals surface area (Å²) < 4.78 is 6.14. The Hall–Kier alpha value is -2.34. The van der Waals surface area contributed by atoms with E-state index in [1.165, 1.54) is 0 Å². The average Bonchev–Trinajstić information content (AvgIpc) is 2.93. The number of methoxy groups -OCH3 is 1. The van der Waals surface area contributed by atoms with Crippen LogP contribution in [-0.4, -0.2) is 54.9 Å². The summed E-state index contributed by atoms with van der Waals surface area (Å²) in [4.78, 5) is 29.1. The molecule has 0 radical (unpaired) electrons. The number of halogens is 1. The van der Waals surface area contributed by atoms with Crippen LogP contribution in [0.3, 0.4) is 0 Å². The summed E-state index contributed by atoms with van der Waals surface area (Å²) in [5.41, 5.74) is 1.28. The van der Waals surface area contributed by atoms with Gasteiger partial charge in [-0.3, -0.25) is 9.59 Å². The first kappa shape index (κ1) is 18.5. The Morgan fingerprint density at radius 3 is 2.12 bits per heavy atom. The number of benzene rings is 2. The van der Waals surface area contributed by atoms with Gasteiger partial charge in [0.15, 0.2) is 0 Å². The minimum Gasteiger partial charge on any atom is -0.497 e. The zero-order chi connectivity index (χ0) is 18.5. The van der Waals surface area contributed by atoms with Gasteiger partial charge in [0, 0.05) is 41.8 Å². The Balaban J connectivity index is 1.66. The lowest BCUT2D eigenvalue weighted by Crippen LogP contribution is -2.37. The van der Waals surface area contributed by atoms with Gasteiger partial charge in [0.1, 0.15) is 5.75 Å². The molecule has 1 fully saturated rings. The normalized spacial score (nSPS) is 14.7. The van der Waals surface area contributed by atoms with E-state index in [0.29, 0.717) is 43.1 Å². The highest BCUT2D eigenvalue weighted by Crippen LogP contribution is 2.17. The fraction of sp³-hybridized carbons (Fsp3) is 0.300. The number of hydrogen-bond donors (Lipinski definition) is 0. The summed E-state index contributed by atoms with van der Waals surface area (Å²) in [6.45, 7) is 2.35. The second-order valence-corrected chi connectivity index (χ2v) is 7.09. The summed E-state index contributed by atoms with van der Waals surface area (Å²) in [6.07, 6.45) is 0.762. The molecule has 0 atom stereocenters. The Kier molecular flexibility index (Phi) is 5.93. The number of ether oxygens (including phenoxy) is 1. The smallest absolute Gasteiger partial charge is 0.254 e. The molecule has 1 aliphatic heterocycles. The maximum atomic E-state index is 12.8. The molecule has 2 amide bonds. The molecule has 1 aliphatic rings. The maximum Gasteiger partial charge on any atom is 0.254 e. The zero-order valence-corrected chi connectivity index (χ0v) is 16.2. The van der Waals surface area contributed by atoms with Crippen LogP contribution >= 0.6 is 15.9 Å². The molecule has 5 nitrogen and oxygen atoms in total. The Morgan fingerprint density at radius 2 is 1.50 bits per heavy atom. The van der Waals surface area contributed by atoms with Crippen molar-refractivity contribution in [3.05, 3.63) is 64.1 Å². The monoisotopic (exact) mass is 416 g/mol. The lowest BCUT2D eigenvalue weighted by molar-refractivity contribution is 0.0718. The molecular weight excluding hydrogens is 396 g/mol. The van der Waals surface area contributed by atoms with Crippen molar-refractivity contribution < 1.29 is 14.3 Å². The summed E-state index contributed by atoms with van der Waals surface area (Å²) in [5, 5.41) is 0. The Morgan fingerprint density at radius 1 is 0.885 bits per heavy atom. The topological polar surface area (TPSA) is 49.9 Å². The fourth-order valence-electron chi connectivity index (χ4n) is 3.04. The summed E-state index contributed by atoms with van der Waals surface area (Å²) in [7, 11) is 1.58. The van der Waals surface area contributed by atoms with Crippen LogP contribution in [0, 0.1) is 0 Å². The predicted octanol–water partition coefficient (Wildman–Crippen LogP) is 3.45. The predicted molar refractivity (Wildman–Crippen MR) is 104 cm³/mol. The standard InChI is InChI=1S/C20H21BrN2O3/c1-26-18-5-2-4-16(14-18)20(25)23-11-3-10-22(12-13-23)19(24)15-6-8-17(21)9-7-15/h2,4-9,14H,3,10-13H2,1H3. The highest BCUT2D eigenvalue weighted by Gasteiger charge is 2.23. The largest absolute Gasteiger partial charge is 0.497 e. The first-order chi connectivity index (χ1) is 12.6. The van der Waals surface area contributed by atoms with Gasteiger partial charge in [0.2, 0.25) is 0 Å². The van der Waals surface area contributed by atoms with Gasteiger partial charge in [-0.25, -0.2) is 0 Å². The van der Waals surface area contributed by atoms with E-state index in [1.54, 1.807) is 19.2 Å². The number of rotatable bonds is 3. The number of amides is 2. The SMILES string of the molecule is COc1cccc(C(=O)N2CCCN(C(=O)c3ccc(Br)cc3)CC2)c1. The molecule has 6 heteroatoms. The molecule has 1 heterocycles. The molecular formula is C20H21BrN2O3. The van der Waals surface area contributed by atoms with E-state index < -0.39 is 0 Å². The van der Waals surface area contributed by atoms with Gasteiger partial charge in [-0.1, -0.05) is 22.0 Å². The second kappa shape index (κ2) is 8.36. The van der Waals surface area contributed by atoms with Gasteiger partial charge in [-0.05, 0) is 48.9 Å².